The Hall–Kier alpha value is -0.553. The Balaban J connectivity index is 5.71. The summed E-state index contributed by atoms with van der Waals surface area (Å²) >= 11 is 0. The van der Waals surface area contributed by atoms with Crippen molar-refractivity contribution in [2.24, 2.45) is 17.8 Å². The molecule has 0 saturated carbocycles. The van der Waals surface area contributed by atoms with Crippen molar-refractivity contribution >= 4 is 14.5 Å². The molecule has 0 rings (SSSR count). The fourth-order valence-electron chi connectivity index (χ4n) is 2.61. The summed E-state index contributed by atoms with van der Waals surface area (Å²) in [4.78, 5) is 12.4. The van der Waals surface area contributed by atoms with Gasteiger partial charge in [-0.25, -0.2) is 4.79 Å². The lowest BCUT2D eigenvalue weighted by Crippen LogP contribution is -2.49. The number of ether oxygens (including phenoxy) is 2. The predicted molar refractivity (Wildman–Crippen MR) is 121 cm³/mol. The summed E-state index contributed by atoms with van der Waals surface area (Å²) in [5.41, 5.74) is -0.569. The van der Waals surface area contributed by atoms with Crippen LogP contribution in [0.4, 0.5) is 4.79 Å². The Bertz CT molecular complexity index is 472. The third-order valence-corrected chi connectivity index (χ3v) is 10.3. The van der Waals surface area contributed by atoms with E-state index in [1.807, 2.05) is 20.8 Å². The highest BCUT2D eigenvalue weighted by molar-refractivity contribution is 6.74. The summed E-state index contributed by atoms with van der Waals surface area (Å²) in [5.74, 6) is 1.42. The molecule has 0 spiro atoms. The standard InChI is InChI=1S/C23H48O4Si/c1-16(2)14-19(25-21(24)26-22(6,7)8)20(15-18(5)17(3)4)27-28(12,13)23(9,10)11/h16-20H,14-15H2,1-13H3/t18-,19-,20-/m0/s1. The monoisotopic (exact) mass is 416 g/mol. The molecule has 0 N–H and O–H groups in total. The molecule has 0 aromatic heterocycles. The molecule has 0 saturated heterocycles. The highest BCUT2D eigenvalue weighted by Crippen LogP contribution is 2.39. The van der Waals surface area contributed by atoms with E-state index >= 15 is 0 Å². The van der Waals surface area contributed by atoms with E-state index in [9.17, 15) is 4.79 Å². The first kappa shape index (κ1) is 27.4. The van der Waals surface area contributed by atoms with Crippen LogP contribution in [0.25, 0.3) is 0 Å². The molecule has 0 aliphatic heterocycles. The summed E-state index contributed by atoms with van der Waals surface area (Å²) in [6.45, 7) is 27.9. The molecular weight excluding hydrogens is 368 g/mol. The van der Waals surface area contributed by atoms with Gasteiger partial charge in [0.2, 0.25) is 0 Å². The molecular formula is C23H48O4Si. The van der Waals surface area contributed by atoms with E-state index in [0.29, 0.717) is 17.8 Å². The largest absolute Gasteiger partial charge is 0.509 e. The summed E-state index contributed by atoms with van der Waals surface area (Å²) in [7, 11) is -2.01. The topological polar surface area (TPSA) is 44.8 Å². The highest BCUT2D eigenvalue weighted by atomic mass is 28.4. The molecule has 0 amide bonds. The van der Waals surface area contributed by atoms with E-state index < -0.39 is 20.1 Å². The number of rotatable bonds is 9. The van der Waals surface area contributed by atoms with Gasteiger partial charge in [0.25, 0.3) is 0 Å². The van der Waals surface area contributed by atoms with Crippen LogP contribution in [0.5, 0.6) is 0 Å². The summed E-state index contributed by atoms with van der Waals surface area (Å²) in [5, 5.41) is 0.0978. The zero-order chi connectivity index (χ0) is 22.5. The Morgan fingerprint density at radius 2 is 1.36 bits per heavy atom. The molecule has 0 aliphatic rings. The lowest BCUT2D eigenvalue weighted by molar-refractivity contribution is -0.0664. The molecule has 28 heavy (non-hydrogen) atoms. The Morgan fingerprint density at radius 3 is 1.71 bits per heavy atom. The molecule has 3 atom stereocenters. The minimum absolute atomic E-state index is 0.0978. The van der Waals surface area contributed by atoms with E-state index in [1.54, 1.807) is 0 Å². The van der Waals surface area contributed by atoms with Crippen LogP contribution < -0.4 is 0 Å². The van der Waals surface area contributed by atoms with E-state index in [4.69, 9.17) is 13.9 Å². The van der Waals surface area contributed by atoms with Gasteiger partial charge in [-0.2, -0.15) is 0 Å². The van der Waals surface area contributed by atoms with Gasteiger partial charge in [0.15, 0.2) is 8.32 Å². The van der Waals surface area contributed by atoms with Gasteiger partial charge in [0.05, 0.1) is 6.10 Å². The van der Waals surface area contributed by atoms with Crippen LogP contribution in [0.15, 0.2) is 0 Å². The smallest absolute Gasteiger partial charge is 0.429 e. The van der Waals surface area contributed by atoms with E-state index in [-0.39, 0.29) is 17.2 Å². The fraction of sp³-hybridized carbons (Fsp3) is 0.957. The van der Waals surface area contributed by atoms with Crippen LogP contribution in [0.1, 0.15) is 89.0 Å². The maximum atomic E-state index is 12.4. The van der Waals surface area contributed by atoms with E-state index in [2.05, 4.69) is 68.5 Å². The third-order valence-electron chi connectivity index (χ3n) is 5.75. The van der Waals surface area contributed by atoms with Gasteiger partial charge in [0, 0.05) is 0 Å². The first-order chi connectivity index (χ1) is 12.4. The van der Waals surface area contributed by atoms with Crippen molar-refractivity contribution in [2.45, 2.75) is 125 Å². The van der Waals surface area contributed by atoms with Gasteiger partial charge in [-0.1, -0.05) is 55.4 Å². The maximum absolute atomic E-state index is 12.4. The van der Waals surface area contributed by atoms with E-state index in [0.717, 1.165) is 12.8 Å². The lowest BCUT2D eigenvalue weighted by atomic mass is 9.88. The molecule has 0 unspecified atom stereocenters. The van der Waals surface area contributed by atoms with Crippen molar-refractivity contribution in [1.29, 1.82) is 0 Å². The van der Waals surface area contributed by atoms with Crippen molar-refractivity contribution in [3.63, 3.8) is 0 Å². The third kappa shape index (κ3) is 10.3. The lowest BCUT2D eigenvalue weighted by Gasteiger charge is -2.42. The Kier molecular flexibility index (Phi) is 10.3. The molecule has 0 aromatic carbocycles. The summed E-state index contributed by atoms with van der Waals surface area (Å²) in [6.07, 6.45) is 0.630. The average molecular weight is 417 g/mol. The second kappa shape index (κ2) is 10.5. The van der Waals surface area contributed by atoms with Crippen LogP contribution in [-0.2, 0) is 13.9 Å². The normalized spacial score (nSPS) is 16.8. The quantitative estimate of drug-likeness (QED) is 0.289. The molecule has 168 valence electrons. The van der Waals surface area contributed by atoms with Crippen molar-refractivity contribution in [3.05, 3.63) is 0 Å². The van der Waals surface area contributed by atoms with Gasteiger partial charge in [-0.05, 0) is 69.5 Å². The Labute approximate surface area is 176 Å². The van der Waals surface area contributed by atoms with Crippen LogP contribution in [0, 0.1) is 17.8 Å². The molecule has 0 bridgehead atoms. The van der Waals surface area contributed by atoms with Crippen molar-refractivity contribution in [2.75, 3.05) is 0 Å². The van der Waals surface area contributed by atoms with Crippen LogP contribution in [0.2, 0.25) is 18.1 Å². The summed E-state index contributed by atoms with van der Waals surface area (Å²) in [6, 6.07) is 0. The number of carbonyl (C=O) groups is 1. The molecule has 0 aromatic rings. The number of hydrogen-bond acceptors (Lipinski definition) is 4. The number of carbonyl (C=O) groups excluding carboxylic acids is 1. The zero-order valence-electron chi connectivity index (χ0n) is 20.9. The van der Waals surface area contributed by atoms with Gasteiger partial charge in [-0.15, -0.1) is 0 Å². The van der Waals surface area contributed by atoms with Crippen molar-refractivity contribution in [1.82, 2.24) is 0 Å². The fourth-order valence-corrected chi connectivity index (χ4v) is 3.97. The first-order valence-corrected chi connectivity index (χ1v) is 13.8. The molecule has 0 fully saturated rings. The minimum Gasteiger partial charge on any atom is -0.429 e. The summed E-state index contributed by atoms with van der Waals surface area (Å²) < 4.78 is 18.1. The molecule has 0 aliphatic carbocycles. The van der Waals surface area contributed by atoms with Gasteiger partial charge < -0.3 is 13.9 Å². The maximum Gasteiger partial charge on any atom is 0.509 e. The molecule has 5 heteroatoms. The average Bonchev–Trinajstić information content (AvgIpc) is 2.41. The van der Waals surface area contributed by atoms with Gasteiger partial charge >= 0.3 is 6.16 Å². The molecule has 0 radical (unpaired) electrons. The van der Waals surface area contributed by atoms with E-state index in [1.165, 1.54) is 0 Å². The van der Waals surface area contributed by atoms with Crippen LogP contribution in [0.3, 0.4) is 0 Å². The highest BCUT2D eigenvalue weighted by Gasteiger charge is 2.42. The molecule has 0 heterocycles. The van der Waals surface area contributed by atoms with Crippen LogP contribution in [-0.4, -0.2) is 32.3 Å². The van der Waals surface area contributed by atoms with Gasteiger partial charge in [-0.3, -0.25) is 0 Å². The first-order valence-electron chi connectivity index (χ1n) is 10.9. The minimum atomic E-state index is -2.01. The second-order valence-electron chi connectivity index (χ2n) is 11.6. The van der Waals surface area contributed by atoms with Crippen LogP contribution >= 0.6 is 0 Å². The zero-order valence-corrected chi connectivity index (χ0v) is 21.9. The predicted octanol–water partition coefficient (Wildman–Crippen LogP) is 7.43. The van der Waals surface area contributed by atoms with Crippen molar-refractivity contribution in [3.8, 4) is 0 Å². The van der Waals surface area contributed by atoms with Gasteiger partial charge in [0.1, 0.15) is 11.7 Å². The molecule has 4 nitrogen and oxygen atoms in total. The van der Waals surface area contributed by atoms with Crippen molar-refractivity contribution < 1.29 is 18.7 Å². The Morgan fingerprint density at radius 1 is 0.857 bits per heavy atom. The SMILES string of the molecule is CC(C)C[C@H](OC(=O)OC(C)(C)C)[C@H](C[C@H](C)C(C)C)O[Si](C)(C)C(C)(C)C. The second-order valence-corrected chi connectivity index (χ2v) is 16.4. The number of hydrogen-bond donors (Lipinski definition) is 0.